The summed E-state index contributed by atoms with van der Waals surface area (Å²) in [6, 6.07) is 1.55. The third kappa shape index (κ3) is 1.66. The maximum absolute atomic E-state index is 12.4. The van der Waals surface area contributed by atoms with Crippen molar-refractivity contribution in [3.63, 3.8) is 0 Å². The molecule has 0 aromatic heterocycles. The molecule has 1 atom stereocenters. The number of benzene rings is 1. The molecule has 0 amide bonds. The van der Waals surface area contributed by atoms with Gasteiger partial charge >= 0.3 is 0 Å². The highest BCUT2D eigenvalue weighted by Crippen LogP contribution is 2.48. The summed E-state index contributed by atoms with van der Waals surface area (Å²) in [6.07, 6.45) is 0.600. The van der Waals surface area contributed by atoms with Crippen molar-refractivity contribution >= 4 is 29.0 Å². The average Bonchev–Trinajstić information content (AvgIpc) is 2.49. The molecule has 0 unspecified atom stereocenters. The van der Waals surface area contributed by atoms with E-state index in [2.05, 4.69) is 0 Å². The van der Waals surface area contributed by atoms with Crippen LogP contribution in [0.15, 0.2) is 6.07 Å². The highest BCUT2D eigenvalue weighted by molar-refractivity contribution is 6.45. The zero-order valence-corrected chi connectivity index (χ0v) is 11.5. The fourth-order valence-corrected chi connectivity index (χ4v) is 2.73. The van der Waals surface area contributed by atoms with Crippen LogP contribution in [0.1, 0.15) is 36.7 Å². The maximum Gasteiger partial charge on any atom is 0.171 e. The van der Waals surface area contributed by atoms with Gasteiger partial charge in [0.2, 0.25) is 0 Å². The number of aromatic hydroxyl groups is 1. The molecule has 0 spiro atoms. The first-order valence-corrected chi connectivity index (χ1v) is 6.29. The van der Waals surface area contributed by atoms with Gasteiger partial charge in [0.15, 0.2) is 5.78 Å². The highest BCUT2D eigenvalue weighted by atomic mass is 35.5. The van der Waals surface area contributed by atoms with Crippen LogP contribution < -0.4 is 0 Å². The number of ketones is 1. The van der Waals surface area contributed by atoms with E-state index in [1.807, 2.05) is 20.8 Å². The average molecular weight is 273 g/mol. The van der Waals surface area contributed by atoms with Crippen molar-refractivity contribution in [2.24, 2.45) is 11.3 Å². The summed E-state index contributed by atoms with van der Waals surface area (Å²) in [5.41, 5.74) is 0.812. The van der Waals surface area contributed by atoms with Crippen LogP contribution in [-0.2, 0) is 6.42 Å². The fourth-order valence-electron chi connectivity index (χ4n) is 2.28. The summed E-state index contributed by atoms with van der Waals surface area (Å²) in [4.78, 5) is 12.4. The quantitative estimate of drug-likeness (QED) is 0.836. The number of rotatable bonds is 1. The lowest BCUT2D eigenvalue weighted by Gasteiger charge is -2.26. The molecule has 0 aliphatic heterocycles. The van der Waals surface area contributed by atoms with Gasteiger partial charge in [-0.15, -0.1) is 0 Å². The van der Waals surface area contributed by atoms with Crippen molar-refractivity contribution in [1.29, 1.82) is 0 Å². The minimum atomic E-state index is -0.455. The van der Waals surface area contributed by atoms with Gasteiger partial charge in [-0.3, -0.25) is 4.79 Å². The smallest absolute Gasteiger partial charge is 0.171 e. The van der Waals surface area contributed by atoms with Crippen LogP contribution in [0.5, 0.6) is 5.75 Å². The van der Waals surface area contributed by atoms with E-state index in [4.69, 9.17) is 23.2 Å². The first-order chi connectivity index (χ1) is 7.79. The van der Waals surface area contributed by atoms with E-state index in [9.17, 15) is 9.90 Å². The van der Waals surface area contributed by atoms with Gasteiger partial charge in [0.05, 0.1) is 5.02 Å². The van der Waals surface area contributed by atoms with Crippen LogP contribution in [0, 0.1) is 11.3 Å². The third-order valence-corrected chi connectivity index (χ3v) is 4.70. The lowest BCUT2D eigenvalue weighted by molar-refractivity contribution is 0.0772. The minimum Gasteiger partial charge on any atom is -0.506 e. The largest absolute Gasteiger partial charge is 0.506 e. The van der Waals surface area contributed by atoms with Crippen molar-refractivity contribution in [1.82, 2.24) is 0 Å². The molecule has 0 saturated heterocycles. The lowest BCUT2D eigenvalue weighted by Crippen LogP contribution is -2.30. The lowest BCUT2D eigenvalue weighted by atomic mass is 9.76. The Morgan fingerprint density at radius 3 is 2.47 bits per heavy atom. The zero-order chi connectivity index (χ0) is 13.0. The fraction of sp³-hybridized carbons (Fsp3) is 0.462. The van der Waals surface area contributed by atoms with Crippen molar-refractivity contribution in [3.8, 4) is 5.75 Å². The second kappa shape index (κ2) is 3.89. The van der Waals surface area contributed by atoms with E-state index in [1.54, 1.807) is 6.07 Å². The van der Waals surface area contributed by atoms with Crippen LogP contribution >= 0.6 is 23.2 Å². The Morgan fingerprint density at radius 1 is 1.35 bits per heavy atom. The molecule has 0 heterocycles. The van der Waals surface area contributed by atoms with Gasteiger partial charge in [0, 0.05) is 11.0 Å². The van der Waals surface area contributed by atoms with E-state index in [0.717, 1.165) is 5.56 Å². The van der Waals surface area contributed by atoms with Crippen molar-refractivity contribution in [2.75, 3.05) is 0 Å². The normalized spacial score (nSPS) is 23.3. The van der Waals surface area contributed by atoms with Gasteiger partial charge in [0.1, 0.15) is 10.8 Å². The van der Waals surface area contributed by atoms with Gasteiger partial charge in [0.25, 0.3) is 0 Å². The molecule has 1 N–H and O–H groups in total. The summed E-state index contributed by atoms with van der Waals surface area (Å²) < 4.78 is 0. The molecule has 92 valence electrons. The number of phenolic OH excluding ortho intramolecular Hbond substituents is 1. The summed E-state index contributed by atoms with van der Waals surface area (Å²) >= 11 is 11.9. The molecule has 1 aromatic carbocycles. The minimum absolute atomic E-state index is 0.0226. The number of halogens is 2. The molecule has 17 heavy (non-hydrogen) atoms. The molecular formula is C13H14Cl2O2. The van der Waals surface area contributed by atoms with Gasteiger partial charge in [-0.25, -0.2) is 0 Å². The SMILES string of the molecule is CC(C)[C@]1(C)Cc2cc(O)c(Cl)c(Cl)c2C1=O. The van der Waals surface area contributed by atoms with E-state index < -0.39 is 5.41 Å². The summed E-state index contributed by atoms with van der Waals surface area (Å²) in [7, 11) is 0. The third-order valence-electron chi connectivity index (χ3n) is 3.85. The Morgan fingerprint density at radius 2 is 1.94 bits per heavy atom. The van der Waals surface area contributed by atoms with Gasteiger partial charge in [-0.1, -0.05) is 44.0 Å². The van der Waals surface area contributed by atoms with Crippen LogP contribution in [0.3, 0.4) is 0 Å². The van der Waals surface area contributed by atoms with Crippen LogP contribution in [0.4, 0.5) is 0 Å². The van der Waals surface area contributed by atoms with Crippen molar-refractivity contribution in [3.05, 3.63) is 27.2 Å². The number of carbonyl (C=O) groups is 1. The van der Waals surface area contributed by atoms with Crippen LogP contribution in [-0.4, -0.2) is 10.9 Å². The van der Waals surface area contributed by atoms with E-state index in [1.165, 1.54) is 0 Å². The Hall–Kier alpha value is -0.730. The second-order valence-corrected chi connectivity index (χ2v) is 5.89. The molecule has 2 rings (SSSR count). The molecule has 2 nitrogen and oxygen atoms in total. The molecule has 4 heteroatoms. The van der Waals surface area contributed by atoms with Crippen LogP contribution in [0.25, 0.3) is 0 Å². The summed E-state index contributed by atoms with van der Waals surface area (Å²) in [5, 5.41) is 9.87. The zero-order valence-electron chi connectivity index (χ0n) is 9.97. The Kier molecular flexibility index (Phi) is 2.91. The number of phenols is 1. The molecule has 0 radical (unpaired) electrons. The summed E-state index contributed by atoms with van der Waals surface area (Å²) in [5.74, 6) is 0.171. The Bertz CT molecular complexity index is 509. The Labute approximate surface area is 111 Å². The number of Topliss-reactive ketones (excluding diaryl/α,β-unsaturated/α-hetero) is 1. The van der Waals surface area contributed by atoms with Crippen molar-refractivity contribution in [2.45, 2.75) is 27.2 Å². The van der Waals surface area contributed by atoms with E-state index in [-0.39, 0.29) is 27.5 Å². The predicted octanol–water partition coefficient (Wildman–Crippen LogP) is 4.10. The first-order valence-electron chi connectivity index (χ1n) is 5.53. The molecule has 0 saturated carbocycles. The van der Waals surface area contributed by atoms with E-state index in [0.29, 0.717) is 12.0 Å². The monoisotopic (exact) mass is 272 g/mol. The van der Waals surface area contributed by atoms with Gasteiger partial charge in [-0.05, 0) is 24.0 Å². The van der Waals surface area contributed by atoms with Crippen molar-refractivity contribution < 1.29 is 9.90 Å². The molecule has 0 fully saturated rings. The first kappa shape index (κ1) is 12.7. The molecule has 1 aliphatic carbocycles. The molecule has 0 bridgehead atoms. The number of hydrogen-bond donors (Lipinski definition) is 1. The highest BCUT2D eigenvalue weighted by Gasteiger charge is 2.45. The maximum atomic E-state index is 12.4. The van der Waals surface area contributed by atoms with Gasteiger partial charge < -0.3 is 5.11 Å². The number of carbonyl (C=O) groups excluding carboxylic acids is 1. The number of hydrogen-bond acceptors (Lipinski definition) is 2. The molecule has 1 aromatic rings. The number of fused-ring (bicyclic) bond motifs is 1. The van der Waals surface area contributed by atoms with E-state index >= 15 is 0 Å². The standard InChI is InChI=1S/C13H14Cl2O2/c1-6(2)13(3)5-7-4-8(16)10(14)11(15)9(7)12(13)17/h4,6,16H,5H2,1-3H3/t13-/m0/s1. The van der Waals surface area contributed by atoms with Gasteiger partial charge in [-0.2, -0.15) is 0 Å². The summed E-state index contributed by atoms with van der Waals surface area (Å²) in [6.45, 7) is 5.96. The topological polar surface area (TPSA) is 37.3 Å². The second-order valence-electron chi connectivity index (χ2n) is 5.14. The predicted molar refractivity (Wildman–Crippen MR) is 69.1 cm³/mol. The molecule has 1 aliphatic rings. The van der Waals surface area contributed by atoms with Crippen LogP contribution in [0.2, 0.25) is 10.0 Å². The Balaban J connectivity index is 2.65. The molecular weight excluding hydrogens is 259 g/mol.